The fourth-order valence-corrected chi connectivity index (χ4v) is 4.98. The summed E-state index contributed by atoms with van der Waals surface area (Å²) in [5, 5.41) is 0. The van der Waals surface area contributed by atoms with Crippen molar-refractivity contribution in [2.45, 2.75) is 25.4 Å². The Morgan fingerprint density at radius 1 is 1.00 bits per heavy atom. The third-order valence-electron chi connectivity index (χ3n) is 6.34. The zero-order valence-corrected chi connectivity index (χ0v) is 16.8. The molecule has 150 valence electrons. The largest absolute Gasteiger partial charge is 0.334 e. The lowest BCUT2D eigenvalue weighted by Crippen LogP contribution is -2.47. The molecule has 29 heavy (non-hydrogen) atoms. The fraction of sp³-hybridized carbons (Fsp3) is 0.409. The van der Waals surface area contributed by atoms with Crippen molar-refractivity contribution in [2.24, 2.45) is 20.0 Å². The van der Waals surface area contributed by atoms with Gasteiger partial charge in [0.2, 0.25) is 0 Å². The van der Waals surface area contributed by atoms with Gasteiger partial charge in [0.25, 0.3) is 11.1 Å². The van der Waals surface area contributed by atoms with Gasteiger partial charge in [0, 0.05) is 76.0 Å². The summed E-state index contributed by atoms with van der Waals surface area (Å²) in [5.41, 5.74) is 2.72. The molecule has 3 aromatic rings. The van der Waals surface area contributed by atoms with Crippen LogP contribution < -0.4 is 11.1 Å². The molecule has 2 bridgehead atoms. The second-order valence-corrected chi connectivity index (χ2v) is 8.39. The van der Waals surface area contributed by atoms with E-state index in [1.165, 1.54) is 0 Å². The number of fused-ring (bicyclic) bond motifs is 4. The molecule has 1 saturated heterocycles. The van der Waals surface area contributed by atoms with E-state index in [0.717, 1.165) is 37.3 Å². The van der Waals surface area contributed by atoms with Gasteiger partial charge >= 0.3 is 0 Å². The van der Waals surface area contributed by atoms with E-state index >= 15 is 0 Å². The predicted molar refractivity (Wildman–Crippen MR) is 111 cm³/mol. The number of aryl methyl sites for hydroxylation is 2. The standard InChI is InChI=1S/C22H25N5O2/c1-24-9-7-23-20(24)18-5-6-19-17-10-15(12-27(19)22(18)29)11-26(14-17)13-16-4-3-8-25(2)21(16)28/h3-9,15,17H,10-14H2,1-2H3/t15-,17+/m0/s1. The van der Waals surface area contributed by atoms with Crippen molar-refractivity contribution in [3.8, 4) is 11.4 Å². The van der Waals surface area contributed by atoms with Gasteiger partial charge in [0.05, 0.1) is 5.56 Å². The Kier molecular flexibility index (Phi) is 4.28. The Morgan fingerprint density at radius 3 is 2.66 bits per heavy atom. The lowest BCUT2D eigenvalue weighted by Gasteiger charge is -2.42. The van der Waals surface area contributed by atoms with Crippen LogP contribution in [0.4, 0.5) is 0 Å². The molecule has 0 unspecified atom stereocenters. The molecule has 0 amide bonds. The molecule has 0 saturated carbocycles. The molecular formula is C22H25N5O2. The van der Waals surface area contributed by atoms with Gasteiger partial charge in [0.1, 0.15) is 5.82 Å². The molecule has 0 radical (unpaired) electrons. The minimum absolute atomic E-state index is 0.0527. The van der Waals surface area contributed by atoms with Crippen LogP contribution in [0.15, 0.2) is 52.4 Å². The Morgan fingerprint density at radius 2 is 1.86 bits per heavy atom. The van der Waals surface area contributed by atoms with Gasteiger partial charge in [-0.2, -0.15) is 0 Å². The van der Waals surface area contributed by atoms with Crippen LogP contribution in [0.2, 0.25) is 0 Å². The zero-order valence-electron chi connectivity index (χ0n) is 16.8. The molecule has 3 aromatic heterocycles. The van der Waals surface area contributed by atoms with Crippen molar-refractivity contribution < 1.29 is 0 Å². The van der Waals surface area contributed by atoms with Gasteiger partial charge in [-0.05, 0) is 30.5 Å². The SMILES string of the molecule is Cn1ccnc1-c1ccc2n(c1=O)C[C@H]1C[C@@H]2CN(Cc2cccn(C)c2=O)C1. The fourth-order valence-electron chi connectivity index (χ4n) is 4.98. The van der Waals surface area contributed by atoms with Crippen molar-refractivity contribution in [2.75, 3.05) is 13.1 Å². The first kappa shape index (κ1) is 18.1. The normalized spacial score (nSPS) is 21.2. The maximum Gasteiger partial charge on any atom is 0.261 e. The molecule has 0 N–H and O–H groups in total. The summed E-state index contributed by atoms with van der Waals surface area (Å²) in [4.78, 5) is 32.3. The molecule has 5 heterocycles. The van der Waals surface area contributed by atoms with Crippen LogP contribution in [0, 0.1) is 5.92 Å². The average Bonchev–Trinajstić information content (AvgIpc) is 3.12. The highest BCUT2D eigenvalue weighted by atomic mass is 16.1. The Hall–Kier alpha value is -2.93. The summed E-state index contributed by atoms with van der Waals surface area (Å²) < 4.78 is 5.48. The number of hydrogen-bond acceptors (Lipinski definition) is 4. The number of nitrogens with zero attached hydrogens (tertiary/aromatic N) is 5. The second-order valence-electron chi connectivity index (χ2n) is 8.39. The van der Waals surface area contributed by atoms with Gasteiger partial charge < -0.3 is 13.7 Å². The van der Waals surface area contributed by atoms with Gasteiger partial charge in [-0.1, -0.05) is 6.07 Å². The third kappa shape index (κ3) is 3.06. The van der Waals surface area contributed by atoms with E-state index in [4.69, 9.17) is 0 Å². The van der Waals surface area contributed by atoms with E-state index in [9.17, 15) is 9.59 Å². The first-order valence-corrected chi connectivity index (χ1v) is 10.1. The molecule has 0 aromatic carbocycles. The van der Waals surface area contributed by atoms with Crippen molar-refractivity contribution in [3.63, 3.8) is 0 Å². The second kappa shape index (κ2) is 6.84. The van der Waals surface area contributed by atoms with Gasteiger partial charge in [-0.25, -0.2) is 4.98 Å². The summed E-state index contributed by atoms with van der Waals surface area (Å²) >= 11 is 0. The molecule has 5 rings (SSSR count). The maximum atomic E-state index is 13.2. The van der Waals surface area contributed by atoms with Crippen LogP contribution in [-0.4, -0.2) is 36.7 Å². The Labute approximate surface area is 168 Å². The monoisotopic (exact) mass is 391 g/mol. The van der Waals surface area contributed by atoms with Crippen LogP contribution in [0.25, 0.3) is 11.4 Å². The van der Waals surface area contributed by atoms with Crippen LogP contribution in [0.3, 0.4) is 0 Å². The van der Waals surface area contributed by atoms with E-state index in [1.54, 1.807) is 24.0 Å². The molecule has 2 atom stereocenters. The van der Waals surface area contributed by atoms with E-state index in [2.05, 4.69) is 16.0 Å². The summed E-state index contributed by atoms with van der Waals surface area (Å²) in [7, 11) is 3.70. The van der Waals surface area contributed by atoms with Crippen LogP contribution in [0.5, 0.6) is 0 Å². The lowest BCUT2D eigenvalue weighted by atomic mass is 9.83. The Bertz CT molecular complexity index is 1190. The molecule has 1 fully saturated rings. The summed E-state index contributed by atoms with van der Waals surface area (Å²) in [6.45, 7) is 3.17. The minimum atomic E-state index is 0.0527. The van der Waals surface area contributed by atoms with Crippen LogP contribution >= 0.6 is 0 Å². The van der Waals surface area contributed by atoms with Gasteiger partial charge in [0.15, 0.2) is 0 Å². The van der Waals surface area contributed by atoms with Crippen molar-refractivity contribution in [1.29, 1.82) is 0 Å². The summed E-state index contributed by atoms with van der Waals surface area (Å²) in [5.74, 6) is 1.45. The third-order valence-corrected chi connectivity index (χ3v) is 6.34. The molecular weight excluding hydrogens is 366 g/mol. The molecule has 2 aliphatic rings. The number of rotatable bonds is 3. The first-order chi connectivity index (χ1) is 14.0. The smallest absolute Gasteiger partial charge is 0.261 e. The maximum absolute atomic E-state index is 13.2. The summed E-state index contributed by atoms with van der Waals surface area (Å²) in [6, 6.07) is 7.86. The van der Waals surface area contributed by atoms with Crippen molar-refractivity contribution in [3.05, 3.63) is 74.8 Å². The number of hydrogen-bond donors (Lipinski definition) is 0. The number of pyridine rings is 2. The first-order valence-electron chi connectivity index (χ1n) is 10.1. The quantitative estimate of drug-likeness (QED) is 0.680. The highest BCUT2D eigenvalue weighted by Gasteiger charge is 2.35. The molecule has 0 aliphatic carbocycles. The topological polar surface area (TPSA) is 65.1 Å². The van der Waals surface area contributed by atoms with E-state index < -0.39 is 0 Å². The van der Waals surface area contributed by atoms with Crippen LogP contribution in [-0.2, 0) is 27.2 Å². The zero-order chi connectivity index (χ0) is 20.1. The van der Waals surface area contributed by atoms with E-state index in [0.29, 0.717) is 29.8 Å². The highest BCUT2D eigenvalue weighted by molar-refractivity contribution is 5.54. The molecule has 7 nitrogen and oxygen atoms in total. The Balaban J connectivity index is 1.45. The van der Waals surface area contributed by atoms with E-state index in [1.807, 2.05) is 40.6 Å². The van der Waals surface area contributed by atoms with Gasteiger partial charge in [-0.15, -0.1) is 0 Å². The van der Waals surface area contributed by atoms with Gasteiger partial charge in [-0.3, -0.25) is 14.5 Å². The number of aromatic nitrogens is 4. The average molecular weight is 391 g/mol. The number of likely N-dealkylation sites (tertiary alicyclic amines) is 1. The summed E-state index contributed by atoms with van der Waals surface area (Å²) in [6.07, 6.45) is 6.47. The van der Waals surface area contributed by atoms with Crippen molar-refractivity contribution in [1.82, 2.24) is 23.6 Å². The lowest BCUT2D eigenvalue weighted by molar-refractivity contribution is 0.114. The van der Waals surface area contributed by atoms with Crippen molar-refractivity contribution >= 4 is 0 Å². The van der Waals surface area contributed by atoms with E-state index in [-0.39, 0.29) is 11.1 Å². The molecule has 0 spiro atoms. The number of piperidine rings is 1. The molecule has 7 heteroatoms. The minimum Gasteiger partial charge on any atom is -0.334 e. The predicted octanol–water partition coefficient (Wildman–Crippen LogP) is 1.57. The highest BCUT2D eigenvalue weighted by Crippen LogP contribution is 2.36. The molecule has 2 aliphatic heterocycles. The number of imidazole rings is 1. The van der Waals surface area contributed by atoms with Crippen LogP contribution in [0.1, 0.15) is 23.6 Å².